The number of hydrogen-bond acceptors (Lipinski definition) is 4. The molecule has 2 N–H and O–H groups in total. The molecule has 0 saturated carbocycles. The van der Waals surface area contributed by atoms with Crippen LogP contribution in [0.2, 0.25) is 0 Å². The maximum absolute atomic E-state index is 12.1. The zero-order valence-corrected chi connectivity index (χ0v) is 15.8. The van der Waals surface area contributed by atoms with Crippen LogP contribution in [0.3, 0.4) is 0 Å². The fraction of sp³-hybridized carbons (Fsp3) is 0.263. The Balaban J connectivity index is 1.38. The van der Waals surface area contributed by atoms with Gasteiger partial charge in [0.2, 0.25) is 0 Å². The molecule has 0 spiro atoms. The number of carbonyl (C=O) groups excluding carboxylic acids is 1. The van der Waals surface area contributed by atoms with Gasteiger partial charge in [0.25, 0.3) is 5.91 Å². The Kier molecular flexibility index (Phi) is 6.44. The van der Waals surface area contributed by atoms with Crippen molar-refractivity contribution in [2.75, 3.05) is 25.9 Å². The van der Waals surface area contributed by atoms with E-state index in [4.69, 9.17) is 0 Å². The number of nitrogens with one attached hydrogen (secondary N) is 2. The molecule has 25 heavy (non-hydrogen) atoms. The number of rotatable bonds is 8. The molecule has 2 aromatic carbocycles. The molecule has 0 aliphatic rings. The van der Waals surface area contributed by atoms with E-state index in [2.05, 4.69) is 28.5 Å². The minimum absolute atomic E-state index is 0.0901. The smallest absolute Gasteiger partial charge is 0.275 e. The number of para-hydroxylation sites is 1. The third kappa shape index (κ3) is 5.56. The molecular formula is C19H22N3OS2+. The Bertz CT molecular complexity index is 787. The van der Waals surface area contributed by atoms with E-state index in [1.807, 2.05) is 43.4 Å². The topological polar surface area (TPSA) is 46.4 Å². The molecule has 0 radical (unpaired) electrons. The summed E-state index contributed by atoms with van der Waals surface area (Å²) in [7, 11) is 2.03. The highest BCUT2D eigenvalue weighted by molar-refractivity contribution is 7.99. The van der Waals surface area contributed by atoms with Gasteiger partial charge in [0.05, 0.1) is 17.3 Å². The zero-order valence-electron chi connectivity index (χ0n) is 14.2. The van der Waals surface area contributed by atoms with Gasteiger partial charge in [-0.05, 0) is 24.3 Å². The zero-order chi connectivity index (χ0) is 17.5. The summed E-state index contributed by atoms with van der Waals surface area (Å²) in [6.07, 6.45) is 0. The van der Waals surface area contributed by atoms with Crippen molar-refractivity contribution < 1.29 is 9.69 Å². The molecule has 0 aliphatic heterocycles. The van der Waals surface area contributed by atoms with Crippen molar-refractivity contribution in [3.63, 3.8) is 0 Å². The monoisotopic (exact) mass is 372 g/mol. The molecule has 6 heteroatoms. The quantitative estimate of drug-likeness (QED) is 0.471. The van der Waals surface area contributed by atoms with Crippen LogP contribution in [-0.2, 0) is 11.3 Å². The van der Waals surface area contributed by atoms with Crippen molar-refractivity contribution in [1.82, 2.24) is 10.3 Å². The number of thioether (sulfide) groups is 1. The first-order valence-corrected chi connectivity index (χ1v) is 10.1. The van der Waals surface area contributed by atoms with Crippen molar-refractivity contribution in [2.45, 2.75) is 11.4 Å². The van der Waals surface area contributed by atoms with Gasteiger partial charge in [0.1, 0.15) is 11.6 Å². The third-order valence-corrected chi connectivity index (χ3v) is 5.74. The molecular weight excluding hydrogens is 350 g/mol. The lowest BCUT2D eigenvalue weighted by atomic mass is 10.3. The van der Waals surface area contributed by atoms with E-state index >= 15 is 0 Å². The van der Waals surface area contributed by atoms with Gasteiger partial charge in [-0.1, -0.05) is 30.3 Å². The van der Waals surface area contributed by atoms with Crippen molar-refractivity contribution in [1.29, 1.82) is 0 Å². The van der Waals surface area contributed by atoms with E-state index in [1.54, 1.807) is 23.1 Å². The Morgan fingerprint density at radius 2 is 1.92 bits per heavy atom. The van der Waals surface area contributed by atoms with Crippen LogP contribution in [-0.4, -0.2) is 36.8 Å². The number of benzene rings is 2. The number of thiazole rings is 1. The average molecular weight is 373 g/mol. The number of nitrogens with zero attached hydrogens (tertiary/aromatic N) is 1. The van der Waals surface area contributed by atoms with Crippen LogP contribution in [0.4, 0.5) is 0 Å². The van der Waals surface area contributed by atoms with E-state index in [-0.39, 0.29) is 5.91 Å². The second kappa shape index (κ2) is 8.99. The molecule has 1 unspecified atom stereocenters. The number of hydrogen-bond donors (Lipinski definition) is 2. The van der Waals surface area contributed by atoms with Crippen LogP contribution in [0.5, 0.6) is 0 Å². The molecule has 1 atom stereocenters. The van der Waals surface area contributed by atoms with Crippen LogP contribution in [0.1, 0.15) is 5.01 Å². The summed E-state index contributed by atoms with van der Waals surface area (Å²) in [6, 6.07) is 18.4. The van der Waals surface area contributed by atoms with E-state index in [0.717, 1.165) is 27.7 Å². The Labute approximate surface area is 156 Å². The number of fused-ring (bicyclic) bond motifs is 1. The van der Waals surface area contributed by atoms with Crippen LogP contribution >= 0.6 is 23.1 Å². The molecule has 0 saturated heterocycles. The van der Waals surface area contributed by atoms with Crippen LogP contribution in [0.15, 0.2) is 59.5 Å². The molecule has 1 amide bonds. The molecule has 3 aromatic rings. The van der Waals surface area contributed by atoms with Crippen molar-refractivity contribution >= 4 is 39.2 Å². The highest BCUT2D eigenvalue weighted by atomic mass is 32.2. The van der Waals surface area contributed by atoms with Gasteiger partial charge in [0, 0.05) is 17.2 Å². The highest BCUT2D eigenvalue weighted by Crippen LogP contribution is 2.20. The van der Waals surface area contributed by atoms with Gasteiger partial charge in [-0.25, -0.2) is 4.98 Å². The molecule has 1 heterocycles. The second-order valence-electron chi connectivity index (χ2n) is 5.90. The Morgan fingerprint density at radius 3 is 2.72 bits per heavy atom. The lowest BCUT2D eigenvalue weighted by molar-refractivity contribution is -0.885. The van der Waals surface area contributed by atoms with Crippen LogP contribution in [0, 0.1) is 0 Å². The first kappa shape index (κ1) is 17.9. The number of aromatic nitrogens is 1. The molecule has 0 fully saturated rings. The maximum Gasteiger partial charge on any atom is 0.275 e. The normalized spacial score (nSPS) is 12.2. The van der Waals surface area contributed by atoms with Crippen LogP contribution < -0.4 is 10.2 Å². The van der Waals surface area contributed by atoms with Crippen molar-refractivity contribution in [3.05, 3.63) is 59.6 Å². The minimum atomic E-state index is 0.0901. The number of amides is 1. The van der Waals surface area contributed by atoms with E-state index < -0.39 is 0 Å². The number of likely N-dealkylation sites (N-methyl/N-ethyl adjacent to an activating group) is 1. The Hall–Kier alpha value is -1.89. The Morgan fingerprint density at radius 1 is 1.16 bits per heavy atom. The van der Waals surface area contributed by atoms with Crippen LogP contribution in [0.25, 0.3) is 10.2 Å². The summed E-state index contributed by atoms with van der Waals surface area (Å²) in [4.78, 5) is 19.1. The molecule has 1 aromatic heterocycles. The predicted molar refractivity (Wildman–Crippen MR) is 105 cm³/mol. The standard InChI is InChI=1S/C19H21N3OS2/c1-22(14-19-21-16-9-5-6-10-17(16)25-19)13-18(23)20-11-12-24-15-7-3-2-4-8-15/h2-10H,11-14H2,1H3,(H,20,23)/p+1. The van der Waals surface area contributed by atoms with Gasteiger partial charge in [-0.2, -0.15) is 0 Å². The SMILES string of the molecule is C[NH+](CC(=O)NCCSc1ccccc1)Cc1nc2ccccc2s1. The predicted octanol–water partition coefficient (Wildman–Crippen LogP) is 2.22. The summed E-state index contributed by atoms with van der Waals surface area (Å²) in [5.74, 6) is 0.972. The molecule has 0 bridgehead atoms. The summed E-state index contributed by atoms with van der Waals surface area (Å²) < 4.78 is 1.20. The van der Waals surface area contributed by atoms with Gasteiger partial charge >= 0.3 is 0 Å². The first-order valence-electron chi connectivity index (χ1n) is 8.31. The molecule has 3 rings (SSSR count). The lowest BCUT2D eigenvalue weighted by Crippen LogP contribution is -3.08. The number of carbonyl (C=O) groups is 1. The fourth-order valence-corrected chi connectivity index (χ4v) is 4.40. The summed E-state index contributed by atoms with van der Waals surface area (Å²) >= 11 is 3.46. The molecule has 4 nitrogen and oxygen atoms in total. The van der Waals surface area contributed by atoms with Crippen molar-refractivity contribution in [2.24, 2.45) is 0 Å². The lowest BCUT2D eigenvalue weighted by Gasteiger charge is -2.12. The summed E-state index contributed by atoms with van der Waals surface area (Å²) in [5.41, 5.74) is 1.04. The summed E-state index contributed by atoms with van der Waals surface area (Å²) in [5, 5.41) is 4.07. The van der Waals surface area contributed by atoms with Gasteiger partial charge in [-0.15, -0.1) is 23.1 Å². The fourth-order valence-electron chi connectivity index (χ4n) is 2.53. The third-order valence-electron chi connectivity index (χ3n) is 3.69. The van der Waals surface area contributed by atoms with Gasteiger partial charge in [-0.3, -0.25) is 4.79 Å². The number of quaternary nitrogens is 1. The largest absolute Gasteiger partial charge is 0.350 e. The van der Waals surface area contributed by atoms with E-state index in [1.165, 1.54) is 9.60 Å². The first-order chi connectivity index (χ1) is 12.2. The van der Waals surface area contributed by atoms with E-state index in [0.29, 0.717) is 13.1 Å². The molecule has 130 valence electrons. The summed E-state index contributed by atoms with van der Waals surface area (Å²) in [6.45, 7) is 1.92. The second-order valence-corrected chi connectivity index (χ2v) is 8.18. The minimum Gasteiger partial charge on any atom is -0.350 e. The van der Waals surface area contributed by atoms with Gasteiger partial charge < -0.3 is 10.2 Å². The van der Waals surface area contributed by atoms with E-state index in [9.17, 15) is 4.79 Å². The van der Waals surface area contributed by atoms with Gasteiger partial charge in [0.15, 0.2) is 6.54 Å². The highest BCUT2D eigenvalue weighted by Gasteiger charge is 2.13. The van der Waals surface area contributed by atoms with Crippen molar-refractivity contribution in [3.8, 4) is 0 Å². The average Bonchev–Trinajstić information content (AvgIpc) is 3.01. The molecule has 0 aliphatic carbocycles. The maximum atomic E-state index is 12.1.